The molecule has 4 rings (SSSR count). The fourth-order valence-electron chi connectivity index (χ4n) is 6.68. The van der Waals surface area contributed by atoms with Crippen molar-refractivity contribution in [2.24, 2.45) is 11.7 Å². The van der Waals surface area contributed by atoms with Gasteiger partial charge in [-0.05, 0) is 66.8 Å². The summed E-state index contributed by atoms with van der Waals surface area (Å²) in [7, 11) is 0. The first kappa shape index (κ1) is 44.5. The molecule has 306 valence electrons. The first-order valence-electron chi connectivity index (χ1n) is 19.6. The monoisotopic (exact) mass is 799 g/mol. The number of benzene rings is 3. The summed E-state index contributed by atoms with van der Waals surface area (Å²) < 4.78 is 0. The van der Waals surface area contributed by atoms with Crippen LogP contribution in [0.4, 0.5) is 0 Å². The zero-order valence-electron chi connectivity index (χ0n) is 33.0. The largest absolute Gasteiger partial charge is 0.368 e. The quantitative estimate of drug-likeness (QED) is 0.0853. The molecule has 3 aromatic carbocycles. The van der Waals surface area contributed by atoms with E-state index in [0.29, 0.717) is 30.7 Å². The molecule has 8 N–H and O–H groups in total. The van der Waals surface area contributed by atoms with E-state index in [0.717, 1.165) is 24.0 Å². The second kappa shape index (κ2) is 23.1. The van der Waals surface area contributed by atoms with Gasteiger partial charge < -0.3 is 37.6 Å². The van der Waals surface area contributed by atoms with E-state index in [1.807, 2.05) is 86.8 Å². The number of nitrogens with two attached hydrogens (primary N) is 1. The van der Waals surface area contributed by atoms with Gasteiger partial charge in [0.15, 0.2) is 0 Å². The third kappa shape index (κ3) is 14.7. The summed E-state index contributed by atoms with van der Waals surface area (Å²) in [6.45, 7) is 4.51. The number of hydrogen-bond acceptors (Lipinski definition) is 8. The highest BCUT2D eigenvalue weighted by Gasteiger charge is 2.34. The van der Waals surface area contributed by atoms with Crippen LogP contribution in [0.1, 0.15) is 68.7 Å². The molecule has 0 bridgehead atoms. The van der Waals surface area contributed by atoms with Gasteiger partial charge in [-0.15, -0.1) is 0 Å². The van der Waals surface area contributed by atoms with Crippen molar-refractivity contribution in [2.75, 3.05) is 18.6 Å². The Kier molecular flexibility index (Phi) is 18.1. The molecule has 0 saturated carbocycles. The van der Waals surface area contributed by atoms with Crippen molar-refractivity contribution in [3.05, 3.63) is 108 Å². The molecule has 0 spiro atoms. The van der Waals surface area contributed by atoms with Gasteiger partial charge in [-0.1, -0.05) is 111 Å². The van der Waals surface area contributed by atoms with Crippen LogP contribution in [0.5, 0.6) is 0 Å². The summed E-state index contributed by atoms with van der Waals surface area (Å²) in [6.07, 6.45) is 5.13. The van der Waals surface area contributed by atoms with E-state index in [9.17, 15) is 28.8 Å². The van der Waals surface area contributed by atoms with E-state index in [1.165, 1.54) is 11.8 Å². The van der Waals surface area contributed by atoms with Crippen LogP contribution in [0.25, 0.3) is 0 Å². The summed E-state index contributed by atoms with van der Waals surface area (Å²) in [5, 5.41) is 17.4. The minimum absolute atomic E-state index is 0.0150. The highest BCUT2D eigenvalue weighted by Crippen LogP contribution is 2.17. The van der Waals surface area contributed by atoms with Crippen LogP contribution in [0, 0.1) is 5.92 Å². The lowest BCUT2D eigenvalue weighted by Crippen LogP contribution is -2.59. The summed E-state index contributed by atoms with van der Waals surface area (Å²) >= 11 is 1.51. The molecule has 6 atom stereocenters. The lowest BCUT2D eigenvalue weighted by Gasteiger charge is -2.28. The molecular formula is C43H57N7O6S. The molecule has 1 aliphatic heterocycles. The first-order valence-corrected chi connectivity index (χ1v) is 21.0. The number of nitrogens with one attached hydrogen (secondary N) is 6. The zero-order valence-corrected chi connectivity index (χ0v) is 33.8. The number of amides is 6. The summed E-state index contributed by atoms with van der Waals surface area (Å²) in [5.41, 5.74) is 7.64. The average molecular weight is 800 g/mol. The molecular weight excluding hydrogens is 743 g/mol. The Bertz CT molecular complexity index is 1760. The van der Waals surface area contributed by atoms with Crippen molar-refractivity contribution < 1.29 is 28.8 Å². The number of primary amides is 1. The van der Waals surface area contributed by atoms with Crippen LogP contribution in [0.3, 0.4) is 0 Å². The predicted molar refractivity (Wildman–Crippen MR) is 223 cm³/mol. The summed E-state index contributed by atoms with van der Waals surface area (Å²) in [6, 6.07) is 21.3. The second-order valence-electron chi connectivity index (χ2n) is 14.8. The standard InChI is InChI=1S/C43H57N7O6S/c1-28(2)25-34(40(53)46-32(38(44)51)22-24-57-3)47-41(54)35(26-29-15-7-4-8-16-29)48-42(55)36(27-30-17-9-5-10-18-30)49-43(56)37(31-19-11-6-12-20-31)50-39(52)33-21-13-14-23-45-33/h4-12,15-20,28,32-37,45H,13-14,21-27H2,1-3H3,(H2,44,51)(H,46,53)(H,47,54)(H,48,55)(H,49,56)(H,50,52)/t32-,33-,34-,35+,36-,37+/m0/s1. The maximum atomic E-state index is 14.4. The van der Waals surface area contributed by atoms with Gasteiger partial charge in [0, 0.05) is 12.8 Å². The van der Waals surface area contributed by atoms with Gasteiger partial charge in [-0.25, -0.2) is 0 Å². The van der Waals surface area contributed by atoms with Gasteiger partial charge in [0.05, 0.1) is 6.04 Å². The highest BCUT2D eigenvalue weighted by molar-refractivity contribution is 7.98. The van der Waals surface area contributed by atoms with Crippen molar-refractivity contribution >= 4 is 47.2 Å². The molecule has 1 saturated heterocycles. The Morgan fingerprint density at radius 3 is 1.65 bits per heavy atom. The van der Waals surface area contributed by atoms with Crippen molar-refractivity contribution in [1.82, 2.24) is 31.9 Å². The van der Waals surface area contributed by atoms with Crippen LogP contribution >= 0.6 is 11.8 Å². The van der Waals surface area contributed by atoms with Crippen molar-refractivity contribution in [2.45, 2.75) is 95.0 Å². The van der Waals surface area contributed by atoms with Crippen LogP contribution in [0.2, 0.25) is 0 Å². The minimum Gasteiger partial charge on any atom is -0.368 e. The molecule has 0 unspecified atom stereocenters. The fourth-order valence-corrected chi connectivity index (χ4v) is 7.15. The molecule has 57 heavy (non-hydrogen) atoms. The topological polar surface area (TPSA) is 201 Å². The van der Waals surface area contributed by atoms with Gasteiger partial charge in [0.1, 0.15) is 30.2 Å². The smallest absolute Gasteiger partial charge is 0.247 e. The Hall–Kier alpha value is -5.21. The SMILES string of the molecule is CSCC[C@H](NC(=O)[C@H](CC(C)C)NC(=O)[C@@H](Cc1ccccc1)NC(=O)[C@H](Cc1ccccc1)NC(=O)[C@H](NC(=O)[C@@H]1CCCCN1)c1ccccc1)C(N)=O. The van der Waals surface area contributed by atoms with Gasteiger partial charge in [0.25, 0.3) is 0 Å². The summed E-state index contributed by atoms with van der Waals surface area (Å²) in [5.74, 6) is -2.81. The van der Waals surface area contributed by atoms with E-state index in [-0.39, 0.29) is 31.1 Å². The lowest BCUT2D eigenvalue weighted by molar-refractivity contribution is -0.135. The average Bonchev–Trinajstić information content (AvgIpc) is 3.21. The van der Waals surface area contributed by atoms with Gasteiger partial charge in [-0.3, -0.25) is 28.8 Å². The Morgan fingerprint density at radius 2 is 1.16 bits per heavy atom. The van der Waals surface area contributed by atoms with E-state index >= 15 is 0 Å². The van der Waals surface area contributed by atoms with Crippen LogP contribution in [-0.2, 0) is 41.6 Å². The maximum Gasteiger partial charge on any atom is 0.247 e. The molecule has 14 heteroatoms. The molecule has 1 aliphatic rings. The third-order valence-corrected chi connectivity index (χ3v) is 10.4. The maximum absolute atomic E-state index is 14.4. The van der Waals surface area contributed by atoms with Crippen molar-refractivity contribution in [3.8, 4) is 0 Å². The Morgan fingerprint density at radius 1 is 0.667 bits per heavy atom. The molecule has 3 aromatic rings. The Balaban J connectivity index is 1.61. The highest BCUT2D eigenvalue weighted by atomic mass is 32.2. The molecule has 13 nitrogen and oxygen atoms in total. The molecule has 0 aromatic heterocycles. The number of carbonyl (C=O) groups is 6. The van der Waals surface area contributed by atoms with Crippen LogP contribution in [-0.4, -0.2) is 84.2 Å². The van der Waals surface area contributed by atoms with E-state index < -0.39 is 65.8 Å². The van der Waals surface area contributed by atoms with Crippen LogP contribution in [0.15, 0.2) is 91.0 Å². The van der Waals surface area contributed by atoms with E-state index in [4.69, 9.17) is 5.73 Å². The molecule has 0 radical (unpaired) electrons. The normalized spacial score (nSPS) is 16.5. The van der Waals surface area contributed by atoms with Gasteiger partial charge in [0.2, 0.25) is 35.4 Å². The zero-order chi connectivity index (χ0) is 41.2. The molecule has 6 amide bonds. The third-order valence-electron chi connectivity index (χ3n) is 9.75. The number of hydrogen-bond donors (Lipinski definition) is 7. The van der Waals surface area contributed by atoms with Crippen molar-refractivity contribution in [3.63, 3.8) is 0 Å². The van der Waals surface area contributed by atoms with E-state index in [1.54, 1.807) is 24.3 Å². The van der Waals surface area contributed by atoms with E-state index in [2.05, 4.69) is 31.9 Å². The first-order chi connectivity index (χ1) is 27.4. The molecule has 1 fully saturated rings. The number of rotatable bonds is 21. The predicted octanol–water partition coefficient (Wildman–Crippen LogP) is 2.70. The second-order valence-corrected chi connectivity index (χ2v) is 15.8. The van der Waals surface area contributed by atoms with Gasteiger partial charge in [-0.2, -0.15) is 11.8 Å². The Labute approximate surface area is 339 Å². The van der Waals surface area contributed by atoms with Crippen LogP contribution < -0.4 is 37.6 Å². The fraction of sp³-hybridized carbons (Fsp3) is 0.442. The lowest BCUT2D eigenvalue weighted by atomic mass is 9.99. The van der Waals surface area contributed by atoms with Gasteiger partial charge >= 0.3 is 0 Å². The number of piperidine rings is 1. The number of carbonyl (C=O) groups excluding carboxylic acids is 6. The number of thioether (sulfide) groups is 1. The van der Waals surface area contributed by atoms with Crippen molar-refractivity contribution in [1.29, 1.82) is 0 Å². The minimum atomic E-state index is -1.16. The molecule has 0 aliphatic carbocycles. The molecule has 1 heterocycles. The summed E-state index contributed by atoms with van der Waals surface area (Å²) in [4.78, 5) is 82.0.